The van der Waals surface area contributed by atoms with Crippen LogP contribution in [-0.2, 0) is 10.3 Å². The number of anilines is 1. The van der Waals surface area contributed by atoms with Crippen LogP contribution in [0.25, 0.3) is 0 Å². The maximum absolute atomic E-state index is 6.00. The fourth-order valence-corrected chi connectivity index (χ4v) is 1.15. The van der Waals surface area contributed by atoms with E-state index in [0.717, 1.165) is 5.56 Å². The lowest BCUT2D eigenvalue weighted by Gasteiger charge is -2.23. The van der Waals surface area contributed by atoms with E-state index in [2.05, 4.69) is 4.98 Å². The summed E-state index contributed by atoms with van der Waals surface area (Å²) in [4.78, 5) is 3.97. The second kappa shape index (κ2) is 3.72. The van der Waals surface area contributed by atoms with Crippen molar-refractivity contribution in [3.05, 3.63) is 24.0 Å². The molecular formula is C9H15N3O. The Morgan fingerprint density at radius 3 is 2.77 bits per heavy atom. The summed E-state index contributed by atoms with van der Waals surface area (Å²) in [6.07, 6.45) is 3.29. The van der Waals surface area contributed by atoms with Crippen molar-refractivity contribution in [3.8, 4) is 0 Å². The minimum atomic E-state index is -0.531. The standard InChI is InChI=1S/C9H15N3O/c1-9(11,6-13-2)7-3-8(10)5-12-4-7/h3-5H,6,10-11H2,1-2H3/t9-/m1/s1. The van der Waals surface area contributed by atoms with Gasteiger partial charge in [0, 0.05) is 19.5 Å². The van der Waals surface area contributed by atoms with Gasteiger partial charge in [-0.05, 0) is 18.6 Å². The number of rotatable bonds is 3. The van der Waals surface area contributed by atoms with Crippen LogP contribution in [0.3, 0.4) is 0 Å². The van der Waals surface area contributed by atoms with Gasteiger partial charge in [0.05, 0.1) is 17.8 Å². The number of hydrogen-bond donors (Lipinski definition) is 2. The minimum Gasteiger partial charge on any atom is -0.397 e. The largest absolute Gasteiger partial charge is 0.397 e. The van der Waals surface area contributed by atoms with Gasteiger partial charge in [0.2, 0.25) is 0 Å². The van der Waals surface area contributed by atoms with Crippen LogP contribution in [0.2, 0.25) is 0 Å². The first-order valence-corrected chi connectivity index (χ1v) is 4.05. The molecule has 4 N–H and O–H groups in total. The summed E-state index contributed by atoms with van der Waals surface area (Å²) in [5.41, 5.74) is 12.6. The molecule has 0 saturated heterocycles. The highest BCUT2D eigenvalue weighted by Crippen LogP contribution is 2.18. The highest BCUT2D eigenvalue weighted by atomic mass is 16.5. The van der Waals surface area contributed by atoms with Gasteiger partial charge >= 0.3 is 0 Å². The molecule has 0 bridgehead atoms. The molecule has 1 aromatic rings. The van der Waals surface area contributed by atoms with Crippen molar-refractivity contribution in [2.45, 2.75) is 12.5 Å². The molecule has 1 aromatic heterocycles. The fourth-order valence-electron chi connectivity index (χ4n) is 1.15. The Balaban J connectivity index is 2.93. The van der Waals surface area contributed by atoms with Crippen LogP contribution >= 0.6 is 0 Å². The van der Waals surface area contributed by atoms with Crippen LogP contribution in [0.4, 0.5) is 5.69 Å². The number of pyridine rings is 1. The molecule has 0 fully saturated rings. The predicted octanol–water partition coefficient (Wildman–Crippen LogP) is 0.484. The fraction of sp³-hybridized carbons (Fsp3) is 0.444. The van der Waals surface area contributed by atoms with Crippen molar-refractivity contribution < 1.29 is 4.74 Å². The van der Waals surface area contributed by atoms with E-state index in [1.807, 2.05) is 13.0 Å². The third-order valence-electron chi connectivity index (χ3n) is 1.86. The number of methoxy groups -OCH3 is 1. The smallest absolute Gasteiger partial charge is 0.0682 e. The highest BCUT2D eigenvalue weighted by Gasteiger charge is 2.21. The highest BCUT2D eigenvalue weighted by molar-refractivity contribution is 5.39. The first kappa shape index (κ1) is 9.95. The molecule has 0 saturated carbocycles. The molecule has 0 unspecified atom stereocenters. The van der Waals surface area contributed by atoms with Gasteiger partial charge in [0.15, 0.2) is 0 Å². The summed E-state index contributed by atoms with van der Waals surface area (Å²) in [6, 6.07) is 1.81. The quantitative estimate of drug-likeness (QED) is 0.711. The maximum Gasteiger partial charge on any atom is 0.0682 e. The van der Waals surface area contributed by atoms with Crippen molar-refractivity contribution in [2.75, 3.05) is 19.5 Å². The average molecular weight is 181 g/mol. The van der Waals surface area contributed by atoms with E-state index in [0.29, 0.717) is 12.3 Å². The van der Waals surface area contributed by atoms with Gasteiger partial charge in [0.1, 0.15) is 0 Å². The van der Waals surface area contributed by atoms with Gasteiger partial charge in [-0.1, -0.05) is 0 Å². The second-order valence-electron chi connectivity index (χ2n) is 3.36. The van der Waals surface area contributed by atoms with Crippen molar-refractivity contribution in [1.82, 2.24) is 4.98 Å². The van der Waals surface area contributed by atoms with Crippen molar-refractivity contribution >= 4 is 5.69 Å². The number of nitrogen functional groups attached to an aromatic ring is 1. The molecule has 0 radical (unpaired) electrons. The lowest BCUT2D eigenvalue weighted by atomic mass is 9.96. The van der Waals surface area contributed by atoms with Crippen LogP contribution in [0.1, 0.15) is 12.5 Å². The van der Waals surface area contributed by atoms with Crippen LogP contribution < -0.4 is 11.5 Å². The monoisotopic (exact) mass is 181 g/mol. The van der Waals surface area contributed by atoms with Gasteiger partial charge in [0.25, 0.3) is 0 Å². The van der Waals surface area contributed by atoms with Gasteiger partial charge in [-0.3, -0.25) is 4.98 Å². The van der Waals surface area contributed by atoms with E-state index >= 15 is 0 Å². The van der Waals surface area contributed by atoms with Crippen molar-refractivity contribution in [1.29, 1.82) is 0 Å². The molecule has 4 nitrogen and oxygen atoms in total. The van der Waals surface area contributed by atoms with Crippen LogP contribution in [0.15, 0.2) is 18.5 Å². The van der Waals surface area contributed by atoms with Gasteiger partial charge in [-0.2, -0.15) is 0 Å². The third kappa shape index (κ3) is 2.40. The predicted molar refractivity (Wildman–Crippen MR) is 52.1 cm³/mol. The number of aromatic nitrogens is 1. The Morgan fingerprint density at radius 1 is 1.54 bits per heavy atom. The van der Waals surface area contributed by atoms with Crippen LogP contribution in [0.5, 0.6) is 0 Å². The summed E-state index contributed by atoms with van der Waals surface area (Å²) in [6.45, 7) is 2.32. The zero-order chi connectivity index (χ0) is 9.90. The van der Waals surface area contributed by atoms with E-state index in [1.165, 1.54) is 0 Å². The van der Waals surface area contributed by atoms with Crippen LogP contribution in [0, 0.1) is 0 Å². The molecule has 0 aromatic carbocycles. The molecular weight excluding hydrogens is 166 g/mol. The van der Waals surface area contributed by atoms with Gasteiger partial charge in [-0.25, -0.2) is 0 Å². The van der Waals surface area contributed by atoms with E-state index < -0.39 is 5.54 Å². The Morgan fingerprint density at radius 2 is 2.23 bits per heavy atom. The molecule has 0 spiro atoms. The summed E-state index contributed by atoms with van der Waals surface area (Å²) < 4.78 is 5.01. The number of nitrogens with two attached hydrogens (primary N) is 2. The maximum atomic E-state index is 6.00. The molecule has 0 aliphatic rings. The van der Waals surface area contributed by atoms with Gasteiger partial charge in [-0.15, -0.1) is 0 Å². The zero-order valence-corrected chi connectivity index (χ0v) is 7.95. The van der Waals surface area contributed by atoms with Crippen LogP contribution in [-0.4, -0.2) is 18.7 Å². The summed E-state index contributed by atoms with van der Waals surface area (Å²) in [5, 5.41) is 0. The number of hydrogen-bond acceptors (Lipinski definition) is 4. The van der Waals surface area contributed by atoms with E-state index in [1.54, 1.807) is 19.5 Å². The van der Waals surface area contributed by atoms with Crippen molar-refractivity contribution in [3.63, 3.8) is 0 Å². The Kier molecular flexibility index (Phi) is 2.85. The molecule has 13 heavy (non-hydrogen) atoms. The first-order chi connectivity index (χ1) is 6.06. The molecule has 0 aliphatic heterocycles. The summed E-state index contributed by atoms with van der Waals surface area (Å²) >= 11 is 0. The average Bonchev–Trinajstić information content (AvgIpc) is 2.04. The number of ether oxygens (including phenoxy) is 1. The Hall–Kier alpha value is -1.13. The molecule has 72 valence electrons. The summed E-state index contributed by atoms with van der Waals surface area (Å²) in [7, 11) is 1.62. The van der Waals surface area contributed by atoms with Crippen molar-refractivity contribution in [2.24, 2.45) is 5.73 Å². The molecule has 1 rings (SSSR count). The second-order valence-corrected chi connectivity index (χ2v) is 3.36. The first-order valence-electron chi connectivity index (χ1n) is 4.05. The topological polar surface area (TPSA) is 74.2 Å². The van der Waals surface area contributed by atoms with E-state index in [4.69, 9.17) is 16.2 Å². The van der Waals surface area contributed by atoms with E-state index in [-0.39, 0.29) is 0 Å². The SMILES string of the molecule is COC[C@@](C)(N)c1cncc(N)c1. The minimum absolute atomic E-state index is 0.443. The lowest BCUT2D eigenvalue weighted by Crippen LogP contribution is -2.37. The molecule has 4 heteroatoms. The lowest BCUT2D eigenvalue weighted by molar-refractivity contribution is 0.141. The molecule has 0 aliphatic carbocycles. The third-order valence-corrected chi connectivity index (χ3v) is 1.86. The summed E-state index contributed by atoms with van der Waals surface area (Å²) in [5.74, 6) is 0. The van der Waals surface area contributed by atoms with E-state index in [9.17, 15) is 0 Å². The number of nitrogens with zero attached hydrogens (tertiary/aromatic N) is 1. The zero-order valence-electron chi connectivity index (χ0n) is 7.95. The molecule has 1 heterocycles. The normalized spacial score (nSPS) is 15.3. The molecule has 0 amide bonds. The Bertz CT molecular complexity index is 286. The van der Waals surface area contributed by atoms with Gasteiger partial charge < -0.3 is 16.2 Å². The Labute approximate surface area is 77.9 Å². The molecule has 1 atom stereocenters.